The van der Waals surface area contributed by atoms with Crippen LogP contribution in [0.2, 0.25) is 0 Å². The topological polar surface area (TPSA) is 86.3 Å². The fraction of sp³-hybridized carbons (Fsp3) is 0.393. The zero-order valence-electron chi connectivity index (χ0n) is 21.1. The zero-order chi connectivity index (χ0) is 25.4. The number of ether oxygens (including phenoxy) is 4. The van der Waals surface area contributed by atoms with Gasteiger partial charge in [-0.2, -0.15) is 0 Å². The second-order valence-electron chi connectivity index (χ2n) is 9.62. The van der Waals surface area contributed by atoms with E-state index in [0.717, 1.165) is 67.0 Å². The Morgan fingerprint density at radius 1 is 0.973 bits per heavy atom. The first-order valence-electron chi connectivity index (χ1n) is 12.6. The summed E-state index contributed by atoms with van der Waals surface area (Å²) in [6, 6.07) is 11.9. The molecule has 6 rings (SSSR count). The molecule has 0 unspecified atom stereocenters. The summed E-state index contributed by atoms with van der Waals surface area (Å²) in [5, 5.41) is 0. The van der Waals surface area contributed by atoms with Crippen molar-refractivity contribution in [3.05, 3.63) is 65.0 Å². The minimum atomic E-state index is 0.00199. The molecule has 2 aliphatic heterocycles. The quantitative estimate of drug-likeness (QED) is 0.503. The lowest BCUT2D eigenvalue weighted by atomic mass is 9.82. The number of Topliss-reactive ketones (excluding diaryl/α,β-unsaturated/α-hetero) is 1. The zero-order valence-corrected chi connectivity index (χ0v) is 21.1. The third-order valence-electron chi connectivity index (χ3n) is 7.41. The van der Waals surface area contributed by atoms with Crippen LogP contribution in [0.25, 0.3) is 0 Å². The van der Waals surface area contributed by atoms with Gasteiger partial charge in [-0.3, -0.25) is 9.69 Å². The van der Waals surface area contributed by atoms with Gasteiger partial charge in [0.1, 0.15) is 11.5 Å². The Bertz CT molecular complexity index is 1320. The van der Waals surface area contributed by atoms with Gasteiger partial charge in [0.05, 0.1) is 25.5 Å². The number of ketones is 1. The highest BCUT2D eigenvalue weighted by Crippen LogP contribution is 2.38. The van der Waals surface area contributed by atoms with Crippen molar-refractivity contribution in [3.8, 4) is 23.0 Å². The average Bonchev–Trinajstić information content (AvgIpc) is 3.41. The van der Waals surface area contributed by atoms with Crippen molar-refractivity contribution in [1.29, 1.82) is 0 Å². The fourth-order valence-corrected chi connectivity index (χ4v) is 5.37. The van der Waals surface area contributed by atoms with Crippen molar-refractivity contribution >= 4 is 11.7 Å². The molecular weight excluding hydrogens is 472 g/mol. The third kappa shape index (κ3) is 4.67. The van der Waals surface area contributed by atoms with E-state index >= 15 is 0 Å². The molecule has 9 nitrogen and oxygen atoms in total. The van der Waals surface area contributed by atoms with E-state index in [2.05, 4.69) is 26.9 Å². The number of piperazine rings is 1. The minimum Gasteiger partial charge on any atom is -0.497 e. The number of rotatable bonds is 6. The largest absolute Gasteiger partial charge is 0.497 e. The normalized spacial score (nSPS) is 19.0. The average molecular weight is 503 g/mol. The number of fused-ring (bicyclic) bond motifs is 2. The maximum Gasteiger partial charge on any atom is 0.231 e. The van der Waals surface area contributed by atoms with Crippen LogP contribution in [0.4, 0.5) is 5.95 Å². The predicted octanol–water partition coefficient (Wildman–Crippen LogP) is 3.46. The molecule has 0 N–H and O–H groups in total. The number of anilines is 1. The highest BCUT2D eigenvalue weighted by atomic mass is 16.7. The van der Waals surface area contributed by atoms with Crippen molar-refractivity contribution in [2.75, 3.05) is 52.1 Å². The SMILES string of the molecule is COc1ccc([C@H]2CC(=O)c3cnc(N4CCN(Cc5ccc6c(c5)OCO6)CC4)nc3C2)c(OC)c1. The Hall–Kier alpha value is -3.85. The van der Waals surface area contributed by atoms with Crippen LogP contribution in [0.3, 0.4) is 0 Å². The predicted molar refractivity (Wildman–Crippen MR) is 137 cm³/mol. The lowest BCUT2D eigenvalue weighted by molar-refractivity contribution is 0.0962. The highest BCUT2D eigenvalue weighted by Gasteiger charge is 2.31. The van der Waals surface area contributed by atoms with Crippen molar-refractivity contribution < 1.29 is 23.7 Å². The van der Waals surface area contributed by atoms with Crippen LogP contribution in [0.5, 0.6) is 23.0 Å². The molecule has 0 saturated carbocycles. The number of aromatic nitrogens is 2. The molecule has 1 aromatic heterocycles. The Morgan fingerprint density at radius 2 is 1.81 bits per heavy atom. The summed E-state index contributed by atoms with van der Waals surface area (Å²) in [6.45, 7) is 4.60. The molecule has 192 valence electrons. The van der Waals surface area contributed by atoms with E-state index in [0.29, 0.717) is 24.4 Å². The summed E-state index contributed by atoms with van der Waals surface area (Å²) in [7, 11) is 3.27. The number of benzene rings is 2. The number of methoxy groups -OCH3 is 2. The maximum atomic E-state index is 13.0. The van der Waals surface area contributed by atoms with Crippen molar-refractivity contribution in [2.24, 2.45) is 0 Å². The van der Waals surface area contributed by atoms with Crippen molar-refractivity contribution in [2.45, 2.75) is 25.3 Å². The summed E-state index contributed by atoms with van der Waals surface area (Å²) in [5.74, 6) is 3.85. The van der Waals surface area contributed by atoms with Crippen LogP contribution < -0.4 is 23.8 Å². The Kier molecular flexibility index (Phi) is 6.30. The lowest BCUT2D eigenvalue weighted by Gasteiger charge is -2.35. The molecule has 0 amide bonds. The van der Waals surface area contributed by atoms with Gasteiger partial charge in [0.2, 0.25) is 12.7 Å². The number of hydrogen-bond donors (Lipinski definition) is 0. The smallest absolute Gasteiger partial charge is 0.231 e. The highest BCUT2D eigenvalue weighted by molar-refractivity contribution is 5.98. The molecule has 1 saturated heterocycles. The van der Waals surface area contributed by atoms with E-state index in [1.54, 1.807) is 20.4 Å². The minimum absolute atomic E-state index is 0.00199. The number of carbonyl (C=O) groups is 1. The molecule has 1 fully saturated rings. The summed E-state index contributed by atoms with van der Waals surface area (Å²) >= 11 is 0. The Balaban J connectivity index is 1.14. The monoisotopic (exact) mass is 502 g/mol. The molecule has 3 aliphatic rings. The van der Waals surface area contributed by atoms with Crippen LogP contribution in [-0.4, -0.2) is 67.8 Å². The first-order valence-corrected chi connectivity index (χ1v) is 12.6. The molecule has 0 spiro atoms. The van der Waals surface area contributed by atoms with Crippen LogP contribution in [0.15, 0.2) is 42.6 Å². The molecule has 1 aliphatic carbocycles. The lowest BCUT2D eigenvalue weighted by Crippen LogP contribution is -2.46. The van der Waals surface area contributed by atoms with Gasteiger partial charge in [0, 0.05) is 57.3 Å². The van der Waals surface area contributed by atoms with Crippen molar-refractivity contribution in [1.82, 2.24) is 14.9 Å². The Labute approximate surface area is 215 Å². The molecule has 2 aromatic carbocycles. The second kappa shape index (κ2) is 9.89. The molecule has 3 heterocycles. The third-order valence-corrected chi connectivity index (χ3v) is 7.41. The van der Waals surface area contributed by atoms with E-state index in [9.17, 15) is 4.79 Å². The molecule has 9 heteroatoms. The van der Waals surface area contributed by atoms with Gasteiger partial charge in [-0.1, -0.05) is 12.1 Å². The van der Waals surface area contributed by atoms with Gasteiger partial charge in [0.15, 0.2) is 17.3 Å². The molecule has 37 heavy (non-hydrogen) atoms. The standard InChI is InChI=1S/C28H30N4O5/c1-34-20-4-5-21(26(14-20)35-2)19-12-23-22(24(33)13-19)15-29-28(30-23)32-9-7-31(8-10-32)16-18-3-6-25-27(11-18)37-17-36-25/h3-6,11,14-15,19H,7-10,12-13,16-17H2,1-2H3/t19-/m1/s1. The molecule has 0 bridgehead atoms. The first kappa shape index (κ1) is 23.5. The number of hydrogen-bond acceptors (Lipinski definition) is 9. The summed E-state index contributed by atoms with van der Waals surface area (Å²) in [5.41, 5.74) is 3.65. The van der Waals surface area contributed by atoms with E-state index in [1.807, 2.05) is 24.3 Å². The number of carbonyl (C=O) groups excluding carboxylic acids is 1. The van der Waals surface area contributed by atoms with Gasteiger partial charge in [0.25, 0.3) is 0 Å². The second-order valence-corrected chi connectivity index (χ2v) is 9.62. The summed E-state index contributed by atoms with van der Waals surface area (Å²) < 4.78 is 21.9. The van der Waals surface area contributed by atoms with Crippen LogP contribution in [-0.2, 0) is 13.0 Å². The van der Waals surface area contributed by atoms with Gasteiger partial charge < -0.3 is 23.8 Å². The van der Waals surface area contributed by atoms with Gasteiger partial charge in [-0.25, -0.2) is 9.97 Å². The molecule has 1 atom stereocenters. The first-order chi connectivity index (χ1) is 18.1. The van der Waals surface area contributed by atoms with Crippen LogP contribution in [0, 0.1) is 0 Å². The van der Waals surface area contributed by atoms with Gasteiger partial charge in [-0.15, -0.1) is 0 Å². The van der Waals surface area contributed by atoms with Gasteiger partial charge in [-0.05, 0) is 35.7 Å². The fourth-order valence-electron chi connectivity index (χ4n) is 5.37. The van der Waals surface area contributed by atoms with Gasteiger partial charge >= 0.3 is 0 Å². The summed E-state index contributed by atoms with van der Waals surface area (Å²) in [6.07, 6.45) is 2.79. The van der Waals surface area contributed by atoms with E-state index in [4.69, 9.17) is 23.9 Å². The number of nitrogens with zero attached hydrogens (tertiary/aromatic N) is 4. The Morgan fingerprint density at radius 3 is 2.62 bits per heavy atom. The molecular formula is C28H30N4O5. The summed E-state index contributed by atoms with van der Waals surface area (Å²) in [4.78, 5) is 27.1. The van der Waals surface area contributed by atoms with E-state index < -0.39 is 0 Å². The molecule has 0 radical (unpaired) electrons. The van der Waals surface area contributed by atoms with E-state index in [1.165, 1.54) is 5.56 Å². The van der Waals surface area contributed by atoms with Crippen LogP contribution in [0.1, 0.15) is 39.5 Å². The maximum absolute atomic E-state index is 13.0. The van der Waals surface area contributed by atoms with Crippen molar-refractivity contribution in [3.63, 3.8) is 0 Å². The van der Waals surface area contributed by atoms with Crippen LogP contribution >= 0.6 is 0 Å². The van der Waals surface area contributed by atoms with E-state index in [-0.39, 0.29) is 18.5 Å². The molecule has 3 aromatic rings.